The van der Waals surface area contributed by atoms with Gasteiger partial charge in [0, 0.05) is 6.42 Å². The van der Waals surface area contributed by atoms with Crippen LogP contribution in [-0.2, 0) is 0 Å². The van der Waals surface area contributed by atoms with Crippen molar-refractivity contribution in [3.8, 4) is 12.3 Å². The molecule has 2 rings (SSSR count). The van der Waals surface area contributed by atoms with E-state index in [9.17, 15) is 0 Å². The zero-order valence-electron chi connectivity index (χ0n) is 11.6. The lowest BCUT2D eigenvalue weighted by atomic mass is 9.97. The van der Waals surface area contributed by atoms with Crippen LogP contribution < -0.4 is 0 Å². The summed E-state index contributed by atoms with van der Waals surface area (Å²) < 4.78 is 0. The standard InChI is InChI=1S/C13H20.C4H6/c1-3-11-7-8-12-6-4-10(2)5-9-13(11)12;1-3-4-2/h6,9-11H,3-5,7-8H2,1-2H3;1H,4H2,2H3. The predicted molar refractivity (Wildman–Crippen MR) is 76.7 cm³/mol. The minimum atomic E-state index is 0.847. The molecule has 2 atom stereocenters. The molecule has 0 bridgehead atoms. The van der Waals surface area contributed by atoms with Crippen LogP contribution in [0.4, 0.5) is 0 Å². The first kappa shape index (κ1) is 14.1. The third-order valence-corrected chi connectivity index (χ3v) is 3.78. The molecule has 0 heteroatoms. The first-order chi connectivity index (χ1) is 8.22. The van der Waals surface area contributed by atoms with Gasteiger partial charge in [-0.3, -0.25) is 0 Å². The van der Waals surface area contributed by atoms with Crippen molar-refractivity contribution in [2.24, 2.45) is 11.8 Å². The summed E-state index contributed by atoms with van der Waals surface area (Å²) in [6, 6.07) is 0. The van der Waals surface area contributed by atoms with Crippen LogP contribution in [0.15, 0.2) is 23.3 Å². The molecule has 0 N–H and O–H groups in total. The second kappa shape index (κ2) is 7.38. The van der Waals surface area contributed by atoms with E-state index < -0.39 is 0 Å². The Morgan fingerprint density at radius 3 is 2.53 bits per heavy atom. The van der Waals surface area contributed by atoms with Crippen molar-refractivity contribution in [1.29, 1.82) is 0 Å². The first-order valence-electron chi connectivity index (χ1n) is 7.05. The minimum absolute atomic E-state index is 0.847. The summed E-state index contributed by atoms with van der Waals surface area (Å²) in [5.74, 6) is 4.18. The maximum atomic E-state index is 4.78. The van der Waals surface area contributed by atoms with Gasteiger partial charge < -0.3 is 0 Å². The summed E-state index contributed by atoms with van der Waals surface area (Å²) in [5, 5.41) is 0. The molecule has 2 unspecified atom stereocenters. The van der Waals surface area contributed by atoms with Crippen LogP contribution >= 0.6 is 0 Å². The van der Waals surface area contributed by atoms with E-state index in [0.717, 1.165) is 18.3 Å². The van der Waals surface area contributed by atoms with Gasteiger partial charge in [0.05, 0.1) is 0 Å². The molecule has 2 aliphatic carbocycles. The number of fused-ring (bicyclic) bond motifs is 1. The van der Waals surface area contributed by atoms with Gasteiger partial charge in [0.2, 0.25) is 0 Å². The molecule has 94 valence electrons. The van der Waals surface area contributed by atoms with Gasteiger partial charge in [-0.25, -0.2) is 0 Å². The van der Waals surface area contributed by atoms with Gasteiger partial charge in [-0.1, -0.05) is 32.9 Å². The monoisotopic (exact) mass is 230 g/mol. The molecule has 0 aliphatic heterocycles. The average molecular weight is 230 g/mol. The summed E-state index contributed by atoms with van der Waals surface area (Å²) in [5.41, 5.74) is 3.38. The van der Waals surface area contributed by atoms with Crippen molar-refractivity contribution in [2.75, 3.05) is 0 Å². The Morgan fingerprint density at radius 2 is 1.94 bits per heavy atom. The normalized spacial score (nSPS) is 26.7. The third-order valence-electron chi connectivity index (χ3n) is 3.78. The summed E-state index contributed by atoms with van der Waals surface area (Å²) in [6.07, 6.45) is 17.3. The van der Waals surface area contributed by atoms with Crippen LogP contribution in [0, 0.1) is 24.2 Å². The molecule has 0 radical (unpaired) electrons. The molecule has 0 saturated heterocycles. The molecule has 1 saturated carbocycles. The second-order valence-electron chi connectivity index (χ2n) is 5.17. The Hall–Kier alpha value is -0.960. The van der Waals surface area contributed by atoms with Crippen LogP contribution in [-0.4, -0.2) is 0 Å². The fourth-order valence-electron chi connectivity index (χ4n) is 2.60. The summed E-state index contributed by atoms with van der Waals surface area (Å²) >= 11 is 0. The molecular formula is C17H26. The van der Waals surface area contributed by atoms with Crippen molar-refractivity contribution < 1.29 is 0 Å². The van der Waals surface area contributed by atoms with Gasteiger partial charge in [-0.15, -0.1) is 12.3 Å². The third kappa shape index (κ3) is 4.08. The van der Waals surface area contributed by atoms with Crippen molar-refractivity contribution in [1.82, 2.24) is 0 Å². The van der Waals surface area contributed by atoms with E-state index in [1.54, 1.807) is 11.1 Å². The van der Waals surface area contributed by atoms with Crippen molar-refractivity contribution >= 4 is 0 Å². The zero-order chi connectivity index (χ0) is 12.7. The predicted octanol–water partition coefficient (Wildman–Crippen LogP) is 5.12. The van der Waals surface area contributed by atoms with Crippen LogP contribution in [0.5, 0.6) is 0 Å². The average Bonchev–Trinajstić information content (AvgIpc) is 2.67. The molecule has 17 heavy (non-hydrogen) atoms. The Bertz CT molecular complexity index is 324. The topological polar surface area (TPSA) is 0 Å². The first-order valence-corrected chi connectivity index (χ1v) is 7.05. The smallest absolute Gasteiger partial charge is 0.00576 e. The van der Waals surface area contributed by atoms with Crippen LogP contribution in [0.1, 0.15) is 59.3 Å². The summed E-state index contributed by atoms with van der Waals surface area (Å²) in [7, 11) is 0. The number of hydrogen-bond donors (Lipinski definition) is 0. The van der Waals surface area contributed by atoms with Gasteiger partial charge in [-0.05, 0) is 55.1 Å². The van der Waals surface area contributed by atoms with E-state index in [1.165, 1.54) is 32.1 Å². The molecule has 0 nitrogen and oxygen atoms in total. The Labute approximate surface area is 107 Å². The highest BCUT2D eigenvalue weighted by atomic mass is 14.3. The van der Waals surface area contributed by atoms with Gasteiger partial charge >= 0.3 is 0 Å². The van der Waals surface area contributed by atoms with Crippen LogP contribution in [0.2, 0.25) is 0 Å². The fraction of sp³-hybridized carbons (Fsp3) is 0.647. The second-order valence-corrected chi connectivity index (χ2v) is 5.17. The highest BCUT2D eigenvalue weighted by Gasteiger charge is 2.24. The van der Waals surface area contributed by atoms with Crippen LogP contribution in [0.25, 0.3) is 0 Å². The van der Waals surface area contributed by atoms with E-state index in [0.29, 0.717) is 0 Å². The lowest BCUT2D eigenvalue weighted by molar-refractivity contribution is 0.582. The number of rotatable bonds is 1. The highest BCUT2D eigenvalue weighted by Crippen LogP contribution is 2.40. The van der Waals surface area contributed by atoms with Gasteiger partial charge in [0.15, 0.2) is 0 Å². The van der Waals surface area contributed by atoms with E-state index in [1.807, 2.05) is 6.92 Å². The molecule has 2 aliphatic rings. The number of hydrogen-bond acceptors (Lipinski definition) is 0. The Kier molecular flexibility index (Phi) is 6.12. The van der Waals surface area contributed by atoms with E-state index in [-0.39, 0.29) is 0 Å². The molecule has 0 aromatic rings. The minimum Gasteiger partial charge on any atom is -0.120 e. The van der Waals surface area contributed by atoms with E-state index in [2.05, 4.69) is 31.9 Å². The molecule has 1 fully saturated rings. The lowest BCUT2D eigenvalue weighted by Crippen LogP contribution is -1.94. The Balaban J connectivity index is 0.000000317. The quantitative estimate of drug-likeness (QED) is 0.548. The lowest BCUT2D eigenvalue weighted by Gasteiger charge is -2.08. The van der Waals surface area contributed by atoms with Gasteiger partial charge in [0.1, 0.15) is 0 Å². The van der Waals surface area contributed by atoms with Gasteiger partial charge in [-0.2, -0.15) is 0 Å². The van der Waals surface area contributed by atoms with E-state index >= 15 is 0 Å². The molecule has 0 amide bonds. The highest BCUT2D eigenvalue weighted by molar-refractivity contribution is 5.38. The van der Waals surface area contributed by atoms with Crippen molar-refractivity contribution in [2.45, 2.75) is 59.3 Å². The van der Waals surface area contributed by atoms with Crippen molar-refractivity contribution in [3.05, 3.63) is 23.3 Å². The number of allylic oxidation sites excluding steroid dienone is 4. The SMILES string of the molecule is C#CCC.CCC1CCC2=CCC(C)CC=C21. The maximum Gasteiger partial charge on any atom is 0.00576 e. The van der Waals surface area contributed by atoms with Crippen molar-refractivity contribution in [3.63, 3.8) is 0 Å². The number of terminal acetylenes is 1. The fourth-order valence-corrected chi connectivity index (χ4v) is 2.60. The Morgan fingerprint density at radius 1 is 1.29 bits per heavy atom. The zero-order valence-corrected chi connectivity index (χ0v) is 11.6. The summed E-state index contributed by atoms with van der Waals surface area (Å²) in [4.78, 5) is 0. The molecule has 0 aromatic heterocycles. The maximum absolute atomic E-state index is 4.78. The largest absolute Gasteiger partial charge is 0.120 e. The van der Waals surface area contributed by atoms with Crippen LogP contribution in [0.3, 0.4) is 0 Å². The molecular weight excluding hydrogens is 204 g/mol. The molecule has 0 spiro atoms. The molecule has 0 aromatic carbocycles. The van der Waals surface area contributed by atoms with Gasteiger partial charge in [0.25, 0.3) is 0 Å². The van der Waals surface area contributed by atoms with E-state index in [4.69, 9.17) is 6.42 Å². The summed E-state index contributed by atoms with van der Waals surface area (Å²) in [6.45, 7) is 6.62. The molecule has 0 heterocycles.